The van der Waals surface area contributed by atoms with E-state index in [0.29, 0.717) is 34.1 Å². The fourth-order valence-corrected chi connectivity index (χ4v) is 4.81. The zero-order chi connectivity index (χ0) is 26.3. The lowest BCUT2D eigenvalue weighted by atomic mass is 10.0. The molecule has 2 N–H and O–H groups in total. The third kappa shape index (κ3) is 7.46. The molecule has 190 valence electrons. The minimum Gasteiger partial charge on any atom is -0.322 e. The summed E-state index contributed by atoms with van der Waals surface area (Å²) < 4.78 is 39.1. The predicted octanol–water partition coefficient (Wildman–Crippen LogP) is 5.39. The summed E-state index contributed by atoms with van der Waals surface area (Å²) in [4.78, 5) is 26.8. The molecule has 3 rings (SSSR count). The Bertz CT molecular complexity index is 1350. The molecule has 0 fully saturated rings. The Morgan fingerprint density at radius 3 is 2.36 bits per heavy atom. The van der Waals surface area contributed by atoms with Crippen LogP contribution in [0.3, 0.4) is 0 Å². The predicted molar refractivity (Wildman–Crippen MR) is 144 cm³/mol. The van der Waals surface area contributed by atoms with Gasteiger partial charge in [0.05, 0.1) is 10.6 Å². The van der Waals surface area contributed by atoms with Crippen LogP contribution in [0.1, 0.15) is 0 Å². The molecule has 0 radical (unpaired) electrons. The van der Waals surface area contributed by atoms with Crippen LogP contribution in [0.15, 0.2) is 71.6 Å². The number of amides is 3. The van der Waals surface area contributed by atoms with Crippen LogP contribution < -0.4 is 10.6 Å². The number of urea groups is 1. The van der Waals surface area contributed by atoms with E-state index in [2.05, 4.69) is 10.6 Å². The first-order valence-corrected chi connectivity index (χ1v) is 14.4. The van der Waals surface area contributed by atoms with Gasteiger partial charge in [0.25, 0.3) is 0 Å². The van der Waals surface area contributed by atoms with Crippen molar-refractivity contribution in [2.24, 2.45) is 0 Å². The Kier molecular flexibility index (Phi) is 9.36. The van der Waals surface area contributed by atoms with Crippen LogP contribution in [-0.2, 0) is 14.6 Å². The molecule has 0 aromatic heterocycles. The van der Waals surface area contributed by atoms with Crippen molar-refractivity contribution >= 4 is 56.5 Å². The number of hydrogen-bond donors (Lipinski definition) is 2. The first-order chi connectivity index (χ1) is 17.1. The van der Waals surface area contributed by atoms with Crippen molar-refractivity contribution in [2.75, 3.05) is 42.0 Å². The maximum absolute atomic E-state index is 14.9. The van der Waals surface area contributed by atoms with Gasteiger partial charge in [-0.3, -0.25) is 4.79 Å². The van der Waals surface area contributed by atoms with Crippen molar-refractivity contribution in [3.63, 3.8) is 0 Å². The van der Waals surface area contributed by atoms with Gasteiger partial charge in [0, 0.05) is 34.8 Å². The average molecular weight is 550 g/mol. The summed E-state index contributed by atoms with van der Waals surface area (Å²) in [6, 6.07) is 16.4. The second kappa shape index (κ2) is 12.2. The number of benzene rings is 3. The lowest BCUT2D eigenvalue weighted by molar-refractivity contribution is -0.116. The Balaban J connectivity index is 1.73. The van der Waals surface area contributed by atoms with Crippen molar-refractivity contribution in [2.45, 2.75) is 4.90 Å². The van der Waals surface area contributed by atoms with Gasteiger partial charge in [0.2, 0.25) is 5.91 Å². The van der Waals surface area contributed by atoms with Crippen LogP contribution in [0.4, 0.5) is 20.6 Å². The number of carbonyl (C=O) groups excluding carboxylic acids is 2. The summed E-state index contributed by atoms with van der Waals surface area (Å²) >= 11 is 7.39. The summed E-state index contributed by atoms with van der Waals surface area (Å²) in [6.45, 7) is 0.00971. The lowest BCUT2D eigenvalue weighted by Gasteiger charge is -2.22. The van der Waals surface area contributed by atoms with E-state index in [0.717, 1.165) is 6.26 Å². The highest BCUT2D eigenvalue weighted by molar-refractivity contribution is 7.98. The van der Waals surface area contributed by atoms with Crippen LogP contribution in [-0.4, -0.2) is 56.6 Å². The molecule has 36 heavy (non-hydrogen) atoms. The molecular formula is C25H25ClFN3O4S2. The van der Waals surface area contributed by atoms with E-state index < -0.39 is 27.6 Å². The molecular weight excluding hydrogens is 525 g/mol. The second-order valence-electron chi connectivity index (χ2n) is 7.86. The summed E-state index contributed by atoms with van der Waals surface area (Å²) in [5, 5.41) is 5.73. The molecule has 0 bridgehead atoms. The monoisotopic (exact) mass is 549 g/mol. The molecule has 0 aliphatic heterocycles. The third-order valence-corrected chi connectivity index (χ3v) is 7.12. The van der Waals surface area contributed by atoms with Gasteiger partial charge in [-0.25, -0.2) is 17.6 Å². The van der Waals surface area contributed by atoms with Gasteiger partial charge < -0.3 is 15.5 Å². The number of anilines is 2. The van der Waals surface area contributed by atoms with Gasteiger partial charge in [-0.05, 0) is 54.3 Å². The third-order valence-electron chi connectivity index (χ3n) is 5.12. The van der Waals surface area contributed by atoms with E-state index in [9.17, 15) is 22.4 Å². The molecule has 7 nitrogen and oxygen atoms in total. The van der Waals surface area contributed by atoms with Gasteiger partial charge >= 0.3 is 6.03 Å². The molecule has 3 amide bonds. The number of hydrogen-bond acceptors (Lipinski definition) is 5. The summed E-state index contributed by atoms with van der Waals surface area (Å²) in [5.41, 5.74) is 1.16. The van der Waals surface area contributed by atoms with Gasteiger partial charge in [-0.2, -0.15) is 11.8 Å². The maximum Gasteiger partial charge on any atom is 0.322 e. The largest absolute Gasteiger partial charge is 0.322 e. The quantitative estimate of drug-likeness (QED) is 0.373. The van der Waals surface area contributed by atoms with E-state index >= 15 is 0 Å². The van der Waals surface area contributed by atoms with Gasteiger partial charge in [0.1, 0.15) is 12.4 Å². The number of sulfone groups is 1. The van der Waals surface area contributed by atoms with Crippen LogP contribution in [0.25, 0.3) is 11.1 Å². The maximum atomic E-state index is 14.9. The topological polar surface area (TPSA) is 95.6 Å². The molecule has 3 aromatic rings. The molecule has 0 saturated heterocycles. The van der Waals surface area contributed by atoms with E-state index in [1.165, 1.54) is 40.9 Å². The summed E-state index contributed by atoms with van der Waals surface area (Å²) in [7, 11) is -3.52. The Morgan fingerprint density at radius 1 is 1.03 bits per heavy atom. The zero-order valence-electron chi connectivity index (χ0n) is 19.6. The molecule has 0 spiro atoms. The highest BCUT2D eigenvalue weighted by atomic mass is 35.5. The average Bonchev–Trinajstić information content (AvgIpc) is 2.84. The van der Waals surface area contributed by atoms with Crippen molar-refractivity contribution in [1.82, 2.24) is 4.90 Å². The first-order valence-electron chi connectivity index (χ1n) is 10.8. The normalized spacial score (nSPS) is 11.1. The smallest absolute Gasteiger partial charge is 0.322 e. The number of carbonyl (C=O) groups is 2. The SMILES string of the molecule is CSCCN(CC(=O)Nc1ccc(-c2ccccc2S(C)(=O)=O)cc1F)C(=O)Nc1ccc(Cl)cc1. The molecule has 0 aliphatic rings. The Morgan fingerprint density at radius 2 is 1.72 bits per heavy atom. The van der Waals surface area contributed by atoms with Crippen molar-refractivity contribution in [3.05, 3.63) is 77.6 Å². The van der Waals surface area contributed by atoms with E-state index in [1.54, 1.807) is 42.5 Å². The van der Waals surface area contributed by atoms with Crippen LogP contribution in [0.2, 0.25) is 5.02 Å². The summed E-state index contributed by atoms with van der Waals surface area (Å²) in [6.07, 6.45) is 2.97. The van der Waals surface area contributed by atoms with Crippen LogP contribution in [0, 0.1) is 5.82 Å². The number of halogens is 2. The van der Waals surface area contributed by atoms with Crippen molar-refractivity contribution in [1.29, 1.82) is 0 Å². The second-order valence-corrected chi connectivity index (χ2v) is 11.3. The standard InChI is InChI=1S/C25H25ClFN3O4S2/c1-35-14-13-30(25(32)28-19-10-8-18(26)9-11-19)16-24(31)29-22-12-7-17(15-21(22)27)20-5-3-4-6-23(20)36(2,33)34/h3-12,15H,13-14,16H2,1-2H3,(H,28,32)(H,29,31). The number of nitrogens with one attached hydrogen (secondary N) is 2. The number of rotatable bonds is 9. The molecule has 11 heteroatoms. The molecule has 3 aromatic carbocycles. The number of nitrogens with zero attached hydrogens (tertiary/aromatic N) is 1. The Labute approximate surface area is 219 Å². The highest BCUT2D eigenvalue weighted by Crippen LogP contribution is 2.29. The van der Waals surface area contributed by atoms with Crippen LogP contribution >= 0.6 is 23.4 Å². The van der Waals surface area contributed by atoms with Gasteiger partial charge in [0.15, 0.2) is 9.84 Å². The van der Waals surface area contributed by atoms with E-state index in [4.69, 9.17) is 11.6 Å². The number of thioether (sulfide) groups is 1. The van der Waals surface area contributed by atoms with Crippen molar-refractivity contribution < 1.29 is 22.4 Å². The van der Waals surface area contributed by atoms with Gasteiger partial charge in [-0.1, -0.05) is 35.9 Å². The van der Waals surface area contributed by atoms with E-state index in [1.807, 2.05) is 6.26 Å². The molecule has 0 unspecified atom stereocenters. The fraction of sp³-hybridized carbons (Fsp3) is 0.200. The minimum absolute atomic E-state index is 0.0801. The molecule has 0 aliphatic carbocycles. The summed E-state index contributed by atoms with van der Waals surface area (Å²) in [5.74, 6) is -0.708. The first kappa shape index (κ1) is 27.5. The molecule has 0 atom stereocenters. The molecule has 0 heterocycles. The minimum atomic E-state index is -3.52. The zero-order valence-corrected chi connectivity index (χ0v) is 22.0. The van der Waals surface area contributed by atoms with E-state index in [-0.39, 0.29) is 17.1 Å². The fourth-order valence-electron chi connectivity index (χ4n) is 3.37. The van der Waals surface area contributed by atoms with Crippen molar-refractivity contribution in [3.8, 4) is 11.1 Å². The lowest BCUT2D eigenvalue weighted by Crippen LogP contribution is -2.42. The molecule has 0 saturated carbocycles. The Hall–Kier alpha value is -3.08. The van der Waals surface area contributed by atoms with Crippen LogP contribution in [0.5, 0.6) is 0 Å². The highest BCUT2D eigenvalue weighted by Gasteiger charge is 2.19. The van der Waals surface area contributed by atoms with Gasteiger partial charge in [-0.15, -0.1) is 0 Å².